The fourth-order valence-corrected chi connectivity index (χ4v) is 2.10. The number of carboxylic acids is 1. The lowest BCUT2D eigenvalue weighted by molar-refractivity contribution is -0.129. The summed E-state index contributed by atoms with van der Waals surface area (Å²) in [4.78, 5) is 24.9. The SMILES string of the molecule is CN(Cc1cnn(C)c1)C(=O)Cc1ccccc1C(=O)O. The predicted molar refractivity (Wildman–Crippen MR) is 76.8 cm³/mol. The van der Waals surface area contributed by atoms with Crippen molar-refractivity contribution in [2.45, 2.75) is 13.0 Å². The van der Waals surface area contributed by atoms with Crippen molar-refractivity contribution in [1.29, 1.82) is 0 Å². The first-order valence-corrected chi connectivity index (χ1v) is 6.50. The van der Waals surface area contributed by atoms with Crippen LogP contribution in [0.15, 0.2) is 36.7 Å². The molecule has 2 rings (SSSR count). The zero-order chi connectivity index (χ0) is 15.4. The van der Waals surface area contributed by atoms with Crippen molar-refractivity contribution < 1.29 is 14.7 Å². The van der Waals surface area contributed by atoms with Crippen LogP contribution in [0, 0.1) is 0 Å². The summed E-state index contributed by atoms with van der Waals surface area (Å²) in [7, 11) is 3.51. The third-order valence-corrected chi connectivity index (χ3v) is 3.19. The highest BCUT2D eigenvalue weighted by atomic mass is 16.4. The van der Waals surface area contributed by atoms with Crippen LogP contribution in [-0.2, 0) is 24.8 Å². The molecule has 1 heterocycles. The molecule has 0 unspecified atom stereocenters. The number of carboxylic acid groups (broad SMARTS) is 1. The van der Waals surface area contributed by atoms with Crippen molar-refractivity contribution in [3.05, 3.63) is 53.3 Å². The minimum Gasteiger partial charge on any atom is -0.478 e. The minimum absolute atomic E-state index is 0.0687. The van der Waals surface area contributed by atoms with Crippen LogP contribution < -0.4 is 0 Å². The molecule has 0 aliphatic carbocycles. The Labute approximate surface area is 122 Å². The van der Waals surface area contributed by atoms with E-state index in [0.717, 1.165) is 5.56 Å². The highest BCUT2D eigenvalue weighted by molar-refractivity contribution is 5.91. The number of aromatic carboxylic acids is 1. The molecule has 0 aliphatic heterocycles. The van der Waals surface area contributed by atoms with Crippen molar-refractivity contribution in [3.8, 4) is 0 Å². The van der Waals surface area contributed by atoms with Crippen LogP contribution >= 0.6 is 0 Å². The summed E-state index contributed by atoms with van der Waals surface area (Å²) in [6, 6.07) is 6.55. The van der Waals surface area contributed by atoms with E-state index in [1.165, 1.54) is 6.07 Å². The Morgan fingerprint density at radius 3 is 2.67 bits per heavy atom. The van der Waals surface area contributed by atoms with Crippen molar-refractivity contribution in [3.63, 3.8) is 0 Å². The van der Waals surface area contributed by atoms with E-state index in [9.17, 15) is 9.59 Å². The van der Waals surface area contributed by atoms with Crippen LogP contribution in [0.25, 0.3) is 0 Å². The number of hydrogen-bond donors (Lipinski definition) is 1. The summed E-state index contributed by atoms with van der Waals surface area (Å²) in [5.74, 6) is -1.15. The number of benzene rings is 1. The first kappa shape index (κ1) is 14.8. The Balaban J connectivity index is 2.05. The highest BCUT2D eigenvalue weighted by Crippen LogP contribution is 2.11. The largest absolute Gasteiger partial charge is 0.478 e. The van der Waals surface area contributed by atoms with Crippen LogP contribution in [0.4, 0.5) is 0 Å². The number of hydrogen-bond acceptors (Lipinski definition) is 3. The van der Waals surface area contributed by atoms with Crippen LogP contribution in [0.3, 0.4) is 0 Å². The lowest BCUT2D eigenvalue weighted by atomic mass is 10.0. The molecule has 110 valence electrons. The van der Waals surface area contributed by atoms with Gasteiger partial charge in [0.15, 0.2) is 0 Å². The lowest BCUT2D eigenvalue weighted by Gasteiger charge is -2.16. The molecular weight excluding hydrogens is 270 g/mol. The molecule has 0 spiro atoms. The van der Waals surface area contributed by atoms with E-state index in [4.69, 9.17) is 5.11 Å². The second-order valence-electron chi connectivity index (χ2n) is 4.91. The molecule has 0 saturated heterocycles. The Kier molecular flexibility index (Phi) is 4.37. The molecular formula is C15H17N3O3. The topological polar surface area (TPSA) is 75.4 Å². The zero-order valence-electron chi connectivity index (χ0n) is 12.0. The third-order valence-electron chi connectivity index (χ3n) is 3.19. The van der Waals surface area contributed by atoms with Gasteiger partial charge in [0.05, 0.1) is 18.2 Å². The van der Waals surface area contributed by atoms with Gasteiger partial charge in [0.25, 0.3) is 0 Å². The fraction of sp³-hybridized carbons (Fsp3) is 0.267. The van der Waals surface area contributed by atoms with Gasteiger partial charge in [0.1, 0.15) is 0 Å². The molecule has 0 bridgehead atoms. The molecule has 1 amide bonds. The molecule has 0 saturated carbocycles. The van der Waals surface area contributed by atoms with Crippen molar-refractivity contribution >= 4 is 11.9 Å². The number of rotatable bonds is 5. The van der Waals surface area contributed by atoms with E-state index in [2.05, 4.69) is 5.10 Å². The molecule has 21 heavy (non-hydrogen) atoms. The summed E-state index contributed by atoms with van der Waals surface area (Å²) in [5, 5.41) is 13.2. The van der Waals surface area contributed by atoms with E-state index < -0.39 is 5.97 Å². The smallest absolute Gasteiger partial charge is 0.335 e. The summed E-state index contributed by atoms with van der Waals surface area (Å²) >= 11 is 0. The van der Waals surface area contributed by atoms with E-state index in [-0.39, 0.29) is 17.9 Å². The Morgan fingerprint density at radius 2 is 2.05 bits per heavy atom. The molecule has 1 aromatic carbocycles. The Morgan fingerprint density at radius 1 is 1.33 bits per heavy atom. The number of aromatic nitrogens is 2. The van der Waals surface area contributed by atoms with Crippen LogP contribution in [-0.4, -0.2) is 38.7 Å². The summed E-state index contributed by atoms with van der Waals surface area (Å²) in [6.45, 7) is 0.446. The molecule has 6 nitrogen and oxygen atoms in total. The first-order valence-electron chi connectivity index (χ1n) is 6.50. The molecule has 0 aliphatic rings. The zero-order valence-corrected chi connectivity index (χ0v) is 12.0. The monoisotopic (exact) mass is 287 g/mol. The Hall–Kier alpha value is -2.63. The van der Waals surface area contributed by atoms with Crippen LogP contribution in [0.2, 0.25) is 0 Å². The molecule has 0 radical (unpaired) electrons. The average molecular weight is 287 g/mol. The Bertz CT molecular complexity index is 664. The quantitative estimate of drug-likeness (QED) is 0.900. The molecule has 1 aromatic heterocycles. The van der Waals surface area contributed by atoms with Crippen LogP contribution in [0.5, 0.6) is 0 Å². The number of amides is 1. The summed E-state index contributed by atoms with van der Waals surface area (Å²) in [5.41, 5.74) is 1.62. The van der Waals surface area contributed by atoms with Gasteiger partial charge in [-0.05, 0) is 11.6 Å². The molecule has 0 atom stereocenters. The van der Waals surface area contributed by atoms with E-state index in [0.29, 0.717) is 12.1 Å². The second kappa shape index (κ2) is 6.21. The van der Waals surface area contributed by atoms with Gasteiger partial charge >= 0.3 is 5.97 Å². The van der Waals surface area contributed by atoms with Crippen molar-refractivity contribution in [2.75, 3.05) is 7.05 Å². The lowest BCUT2D eigenvalue weighted by Crippen LogP contribution is -2.28. The average Bonchev–Trinajstić information content (AvgIpc) is 2.84. The number of likely N-dealkylation sites (N-methyl/N-ethyl adjacent to an activating group) is 1. The first-order chi connectivity index (χ1) is 9.97. The number of carbonyl (C=O) groups is 2. The van der Waals surface area contributed by atoms with Gasteiger partial charge in [-0.25, -0.2) is 4.79 Å². The number of carbonyl (C=O) groups excluding carboxylic acids is 1. The van der Waals surface area contributed by atoms with Gasteiger partial charge in [0.2, 0.25) is 5.91 Å². The standard InChI is InChI=1S/C15H17N3O3/c1-17(9-11-8-16-18(2)10-11)14(19)7-12-5-3-4-6-13(12)15(20)21/h3-6,8,10H,7,9H2,1-2H3,(H,20,21). The molecule has 1 N–H and O–H groups in total. The molecule has 2 aromatic rings. The normalized spacial score (nSPS) is 10.4. The number of aryl methyl sites for hydroxylation is 1. The van der Waals surface area contributed by atoms with E-state index in [1.807, 2.05) is 13.2 Å². The predicted octanol–water partition coefficient (Wildman–Crippen LogP) is 1.32. The van der Waals surface area contributed by atoms with Gasteiger partial charge in [-0.15, -0.1) is 0 Å². The fourth-order valence-electron chi connectivity index (χ4n) is 2.10. The highest BCUT2D eigenvalue weighted by Gasteiger charge is 2.15. The minimum atomic E-state index is -1.02. The van der Waals surface area contributed by atoms with Crippen LogP contribution in [0.1, 0.15) is 21.5 Å². The van der Waals surface area contributed by atoms with E-state index in [1.54, 1.807) is 41.0 Å². The van der Waals surface area contributed by atoms with Gasteiger partial charge in [0, 0.05) is 32.4 Å². The summed E-state index contributed by atoms with van der Waals surface area (Å²) in [6.07, 6.45) is 3.61. The number of nitrogens with zero attached hydrogens (tertiary/aromatic N) is 3. The van der Waals surface area contributed by atoms with E-state index >= 15 is 0 Å². The molecule has 0 fully saturated rings. The van der Waals surface area contributed by atoms with Gasteiger partial charge in [-0.2, -0.15) is 5.10 Å². The van der Waals surface area contributed by atoms with Gasteiger partial charge in [-0.1, -0.05) is 18.2 Å². The van der Waals surface area contributed by atoms with Crippen molar-refractivity contribution in [2.24, 2.45) is 7.05 Å². The van der Waals surface area contributed by atoms with Gasteiger partial charge < -0.3 is 10.0 Å². The third kappa shape index (κ3) is 3.68. The maximum atomic E-state index is 12.2. The maximum Gasteiger partial charge on any atom is 0.335 e. The molecule has 6 heteroatoms. The second-order valence-corrected chi connectivity index (χ2v) is 4.91. The van der Waals surface area contributed by atoms with Gasteiger partial charge in [-0.3, -0.25) is 9.48 Å². The summed E-state index contributed by atoms with van der Waals surface area (Å²) < 4.78 is 1.67. The maximum absolute atomic E-state index is 12.2. The van der Waals surface area contributed by atoms with Crippen molar-refractivity contribution in [1.82, 2.24) is 14.7 Å².